The van der Waals surface area contributed by atoms with Gasteiger partial charge in [0, 0.05) is 17.7 Å². The fraction of sp³-hybridized carbons (Fsp3) is 0.217. The van der Waals surface area contributed by atoms with E-state index in [2.05, 4.69) is 15.5 Å². The smallest absolute Gasteiger partial charge is 0.261 e. The van der Waals surface area contributed by atoms with E-state index < -0.39 is 5.91 Å². The average molecular weight is 416 g/mol. The summed E-state index contributed by atoms with van der Waals surface area (Å²) < 4.78 is 5.56. The largest absolute Gasteiger partial charge is 0.376 e. The summed E-state index contributed by atoms with van der Waals surface area (Å²) in [7, 11) is 0. The molecule has 2 N–H and O–H groups in total. The molecule has 31 heavy (non-hydrogen) atoms. The Kier molecular flexibility index (Phi) is 4.83. The van der Waals surface area contributed by atoms with Crippen LogP contribution in [-0.4, -0.2) is 52.1 Å². The monoisotopic (exact) mass is 416 g/mol. The molecule has 1 atom stereocenters. The van der Waals surface area contributed by atoms with Crippen LogP contribution in [0.3, 0.4) is 0 Å². The summed E-state index contributed by atoms with van der Waals surface area (Å²) >= 11 is 0. The number of carbonyl (C=O) groups is 3. The number of H-pyrrole nitrogens is 1. The standard InChI is InChI=1S/C23H20N4O4/c28-21(25-19-12-24-26-20(19)14-5-2-1-3-6-14)15-8-9-17-18(11-15)23(30)27(22(17)29)13-16-7-4-10-31-16/h1-3,5-6,8-9,11-12,16H,4,7,10,13H2,(H,24,26)(H,25,28)/t16-/m0/s1. The zero-order chi connectivity index (χ0) is 21.4. The summed E-state index contributed by atoms with van der Waals surface area (Å²) in [4.78, 5) is 39.6. The number of rotatable bonds is 5. The maximum absolute atomic E-state index is 12.9. The van der Waals surface area contributed by atoms with Gasteiger partial charge in [-0.25, -0.2) is 0 Å². The molecule has 3 heterocycles. The summed E-state index contributed by atoms with van der Waals surface area (Å²) in [6.45, 7) is 0.889. The second kappa shape index (κ2) is 7.81. The minimum Gasteiger partial charge on any atom is -0.376 e. The van der Waals surface area contributed by atoms with Crippen molar-refractivity contribution in [2.24, 2.45) is 0 Å². The molecule has 0 radical (unpaired) electrons. The summed E-state index contributed by atoms with van der Waals surface area (Å²) in [6.07, 6.45) is 3.17. The normalized spacial score (nSPS) is 17.8. The number of imide groups is 1. The number of benzene rings is 2. The Morgan fingerprint density at radius 2 is 1.94 bits per heavy atom. The van der Waals surface area contributed by atoms with Gasteiger partial charge >= 0.3 is 0 Å². The van der Waals surface area contributed by atoms with Crippen LogP contribution in [0.2, 0.25) is 0 Å². The highest BCUT2D eigenvalue weighted by Crippen LogP contribution is 2.28. The molecular formula is C23H20N4O4. The van der Waals surface area contributed by atoms with Gasteiger partial charge in [0.1, 0.15) is 0 Å². The zero-order valence-corrected chi connectivity index (χ0v) is 16.6. The highest BCUT2D eigenvalue weighted by molar-refractivity contribution is 6.22. The van der Waals surface area contributed by atoms with E-state index in [9.17, 15) is 14.4 Å². The first kappa shape index (κ1) is 19.2. The van der Waals surface area contributed by atoms with Crippen molar-refractivity contribution >= 4 is 23.4 Å². The number of nitrogens with one attached hydrogen (secondary N) is 2. The van der Waals surface area contributed by atoms with Crippen LogP contribution >= 0.6 is 0 Å². The Labute approximate surface area is 178 Å². The molecule has 156 valence electrons. The lowest BCUT2D eigenvalue weighted by Crippen LogP contribution is -2.36. The average Bonchev–Trinajstić information content (AvgIpc) is 3.52. The first-order valence-corrected chi connectivity index (χ1v) is 10.1. The van der Waals surface area contributed by atoms with Crippen LogP contribution in [-0.2, 0) is 4.74 Å². The minimum absolute atomic E-state index is 0.123. The predicted molar refractivity (Wildman–Crippen MR) is 113 cm³/mol. The molecule has 0 spiro atoms. The van der Waals surface area contributed by atoms with Crippen molar-refractivity contribution < 1.29 is 19.1 Å². The quantitative estimate of drug-likeness (QED) is 0.622. The topological polar surface area (TPSA) is 104 Å². The third-order valence-corrected chi connectivity index (χ3v) is 5.59. The highest BCUT2D eigenvalue weighted by atomic mass is 16.5. The molecule has 8 heteroatoms. The third kappa shape index (κ3) is 3.51. The lowest BCUT2D eigenvalue weighted by atomic mass is 10.0. The van der Waals surface area contributed by atoms with Gasteiger partial charge in [0.25, 0.3) is 17.7 Å². The molecule has 0 aliphatic carbocycles. The van der Waals surface area contributed by atoms with Crippen molar-refractivity contribution in [3.63, 3.8) is 0 Å². The SMILES string of the molecule is O=C(Nc1cn[nH]c1-c1ccccc1)c1ccc2c(c1)C(=O)N(C[C@@H]1CCCO1)C2=O. The molecule has 1 fully saturated rings. The van der Waals surface area contributed by atoms with Gasteiger partial charge in [-0.05, 0) is 31.0 Å². The van der Waals surface area contributed by atoms with Crippen molar-refractivity contribution in [2.45, 2.75) is 18.9 Å². The molecule has 2 aromatic carbocycles. The molecule has 0 bridgehead atoms. The maximum atomic E-state index is 12.9. The number of aromatic amines is 1. The second-order valence-corrected chi connectivity index (χ2v) is 7.60. The summed E-state index contributed by atoms with van der Waals surface area (Å²) in [5.41, 5.74) is 2.94. The van der Waals surface area contributed by atoms with Crippen LogP contribution in [0.15, 0.2) is 54.7 Å². The number of carbonyl (C=O) groups excluding carboxylic acids is 3. The van der Waals surface area contributed by atoms with E-state index in [-0.39, 0.29) is 30.0 Å². The number of nitrogens with zero attached hydrogens (tertiary/aromatic N) is 2. The number of hydrogen-bond acceptors (Lipinski definition) is 5. The fourth-order valence-corrected chi connectivity index (χ4v) is 3.99. The van der Waals surface area contributed by atoms with Crippen molar-refractivity contribution in [2.75, 3.05) is 18.5 Å². The van der Waals surface area contributed by atoms with Gasteiger partial charge in [0.05, 0.1) is 41.4 Å². The molecule has 1 saturated heterocycles. The summed E-state index contributed by atoms with van der Waals surface area (Å²) in [5.74, 6) is -1.12. The van der Waals surface area contributed by atoms with Gasteiger partial charge in [0.15, 0.2) is 0 Å². The predicted octanol–water partition coefficient (Wildman–Crippen LogP) is 3.10. The number of fused-ring (bicyclic) bond motifs is 1. The third-order valence-electron chi connectivity index (χ3n) is 5.59. The van der Waals surface area contributed by atoms with Crippen molar-refractivity contribution in [3.05, 3.63) is 71.4 Å². The molecule has 2 aliphatic heterocycles. The van der Waals surface area contributed by atoms with Crippen LogP contribution in [0.4, 0.5) is 5.69 Å². The molecule has 8 nitrogen and oxygen atoms in total. The van der Waals surface area contributed by atoms with Gasteiger partial charge in [-0.15, -0.1) is 0 Å². The zero-order valence-electron chi connectivity index (χ0n) is 16.6. The Morgan fingerprint density at radius 3 is 2.71 bits per heavy atom. The van der Waals surface area contributed by atoms with Crippen LogP contribution in [0, 0.1) is 0 Å². The second-order valence-electron chi connectivity index (χ2n) is 7.60. The summed E-state index contributed by atoms with van der Waals surface area (Å²) in [6, 6.07) is 14.1. The van der Waals surface area contributed by atoms with Crippen LogP contribution in [0.5, 0.6) is 0 Å². The molecule has 1 aromatic heterocycles. The number of hydrogen-bond donors (Lipinski definition) is 2. The van der Waals surface area contributed by atoms with E-state index in [4.69, 9.17) is 4.74 Å². The molecule has 2 aliphatic rings. The first-order valence-electron chi connectivity index (χ1n) is 10.1. The van der Waals surface area contributed by atoms with E-state index in [0.29, 0.717) is 29.1 Å². The molecule has 0 saturated carbocycles. The van der Waals surface area contributed by atoms with E-state index >= 15 is 0 Å². The number of aromatic nitrogens is 2. The lowest BCUT2D eigenvalue weighted by molar-refractivity contribution is 0.0475. The molecule has 3 aromatic rings. The van der Waals surface area contributed by atoms with Crippen molar-refractivity contribution in [1.29, 1.82) is 0 Å². The molecule has 5 rings (SSSR count). The van der Waals surface area contributed by atoms with Crippen molar-refractivity contribution in [1.82, 2.24) is 15.1 Å². The van der Waals surface area contributed by atoms with E-state index in [1.165, 1.54) is 23.2 Å². The number of ether oxygens (including phenoxy) is 1. The lowest BCUT2D eigenvalue weighted by Gasteiger charge is -2.17. The van der Waals surface area contributed by atoms with E-state index in [1.807, 2.05) is 30.3 Å². The molecular weight excluding hydrogens is 396 g/mol. The molecule has 3 amide bonds. The van der Waals surface area contributed by atoms with Gasteiger partial charge < -0.3 is 10.1 Å². The minimum atomic E-state index is -0.390. The van der Waals surface area contributed by atoms with Crippen LogP contribution in [0.1, 0.15) is 43.9 Å². The maximum Gasteiger partial charge on any atom is 0.261 e. The Hall–Kier alpha value is -3.78. The van der Waals surface area contributed by atoms with Gasteiger partial charge in [0.2, 0.25) is 0 Å². The fourth-order valence-electron chi connectivity index (χ4n) is 3.99. The summed E-state index contributed by atoms with van der Waals surface area (Å²) in [5, 5.41) is 9.75. The molecule has 0 unspecified atom stereocenters. The van der Waals surface area contributed by atoms with Gasteiger partial charge in [-0.1, -0.05) is 30.3 Å². The van der Waals surface area contributed by atoms with E-state index in [1.54, 1.807) is 6.07 Å². The Morgan fingerprint density at radius 1 is 1.13 bits per heavy atom. The van der Waals surface area contributed by atoms with Crippen LogP contribution in [0.25, 0.3) is 11.3 Å². The Bertz CT molecular complexity index is 1170. The highest BCUT2D eigenvalue weighted by Gasteiger charge is 2.38. The van der Waals surface area contributed by atoms with Gasteiger partial charge in [-0.3, -0.25) is 24.4 Å². The number of amides is 3. The first-order chi connectivity index (χ1) is 15.1. The van der Waals surface area contributed by atoms with Gasteiger partial charge in [-0.2, -0.15) is 5.10 Å². The van der Waals surface area contributed by atoms with Crippen molar-refractivity contribution in [3.8, 4) is 11.3 Å². The number of anilines is 1. The van der Waals surface area contributed by atoms with E-state index in [0.717, 1.165) is 18.4 Å². The van der Waals surface area contributed by atoms with Crippen LogP contribution < -0.4 is 5.32 Å². The Balaban J connectivity index is 1.36.